The summed E-state index contributed by atoms with van der Waals surface area (Å²) in [5, 5.41) is 0. The average Bonchev–Trinajstić information content (AvgIpc) is 2.00. The molecule has 0 aliphatic heterocycles. The van der Waals surface area contributed by atoms with Crippen molar-refractivity contribution in [1.82, 2.24) is 0 Å². The van der Waals surface area contributed by atoms with Crippen LogP contribution in [0.25, 0.3) is 0 Å². The molecule has 1 aromatic rings. The predicted molar refractivity (Wildman–Crippen MR) is 45.8 cm³/mol. The molecule has 0 saturated heterocycles. The minimum Gasteiger partial charge on any atom is -0.398 e. The summed E-state index contributed by atoms with van der Waals surface area (Å²) in [6.07, 6.45) is -4.90. The number of nitrogens with two attached hydrogens (primary N) is 1. The number of hydrogen-bond acceptors (Lipinski definition) is 2. The first-order chi connectivity index (χ1) is 6.75. The van der Waals surface area contributed by atoms with Crippen LogP contribution in [0.3, 0.4) is 0 Å². The third-order valence-corrected chi connectivity index (χ3v) is 1.86. The molecule has 0 bridgehead atoms. The number of Topliss-reactive ketones (excluding diaryl/α,β-unsaturated/α-hetero) is 1. The fraction of sp³-hybridized carbons (Fsp3) is 0.222. The Morgan fingerprint density at radius 3 is 2.27 bits per heavy atom. The fourth-order valence-electron chi connectivity index (χ4n) is 1.19. The maximum absolute atomic E-state index is 12.9. The zero-order valence-electron chi connectivity index (χ0n) is 7.65. The Balaban J connectivity index is 3.51. The Kier molecular flexibility index (Phi) is 2.70. The molecule has 1 rings (SSSR count). The SMILES string of the molecule is CC(=O)c1ccc(F)c(C(F)(F)F)c1N. The van der Waals surface area contributed by atoms with Crippen LogP contribution in [0.1, 0.15) is 22.8 Å². The zero-order chi connectivity index (χ0) is 11.8. The Morgan fingerprint density at radius 2 is 1.87 bits per heavy atom. The van der Waals surface area contributed by atoms with Gasteiger partial charge in [0, 0.05) is 5.56 Å². The van der Waals surface area contributed by atoms with Gasteiger partial charge in [0.05, 0.1) is 5.69 Å². The second-order valence-electron chi connectivity index (χ2n) is 2.94. The summed E-state index contributed by atoms with van der Waals surface area (Å²) in [5.74, 6) is -2.12. The monoisotopic (exact) mass is 221 g/mol. The lowest BCUT2D eigenvalue weighted by Gasteiger charge is -2.12. The molecule has 0 aliphatic carbocycles. The van der Waals surface area contributed by atoms with Gasteiger partial charge in [0.1, 0.15) is 11.4 Å². The second-order valence-corrected chi connectivity index (χ2v) is 2.94. The molecular weight excluding hydrogens is 214 g/mol. The lowest BCUT2D eigenvalue weighted by atomic mass is 10.0. The van der Waals surface area contributed by atoms with E-state index < -0.39 is 29.0 Å². The Morgan fingerprint density at radius 1 is 1.33 bits per heavy atom. The van der Waals surface area contributed by atoms with Crippen LogP contribution in [0, 0.1) is 5.82 Å². The van der Waals surface area contributed by atoms with Crippen molar-refractivity contribution >= 4 is 11.5 Å². The lowest BCUT2D eigenvalue weighted by molar-refractivity contribution is -0.139. The normalized spacial score (nSPS) is 11.5. The second kappa shape index (κ2) is 3.52. The standard InChI is InChI=1S/C9H7F4NO/c1-4(15)5-2-3-6(10)7(8(5)14)9(11,12)13/h2-3H,14H2,1H3. The first-order valence-corrected chi connectivity index (χ1v) is 3.91. The van der Waals surface area contributed by atoms with Crippen LogP contribution in [0.15, 0.2) is 12.1 Å². The maximum Gasteiger partial charge on any atom is 0.421 e. The molecule has 0 saturated carbocycles. The van der Waals surface area contributed by atoms with Crippen molar-refractivity contribution < 1.29 is 22.4 Å². The number of anilines is 1. The summed E-state index contributed by atoms with van der Waals surface area (Å²) in [6, 6.07) is 1.51. The number of benzene rings is 1. The van der Waals surface area contributed by atoms with Gasteiger partial charge in [0.2, 0.25) is 0 Å². The van der Waals surface area contributed by atoms with Crippen molar-refractivity contribution in [1.29, 1.82) is 0 Å². The molecule has 0 aliphatic rings. The van der Waals surface area contributed by atoms with Gasteiger partial charge in [-0.3, -0.25) is 4.79 Å². The van der Waals surface area contributed by atoms with Crippen molar-refractivity contribution in [2.24, 2.45) is 0 Å². The minimum absolute atomic E-state index is 0.330. The van der Waals surface area contributed by atoms with Crippen LogP contribution in [0.2, 0.25) is 0 Å². The number of hydrogen-bond donors (Lipinski definition) is 1. The third kappa shape index (κ3) is 2.08. The van der Waals surface area contributed by atoms with Gasteiger partial charge in [-0.1, -0.05) is 0 Å². The van der Waals surface area contributed by atoms with Gasteiger partial charge in [-0.25, -0.2) is 4.39 Å². The summed E-state index contributed by atoms with van der Waals surface area (Å²) < 4.78 is 49.8. The van der Waals surface area contributed by atoms with E-state index in [1.54, 1.807) is 0 Å². The maximum atomic E-state index is 12.9. The van der Waals surface area contributed by atoms with Crippen LogP contribution in [-0.4, -0.2) is 5.78 Å². The molecule has 0 radical (unpaired) electrons. The van der Waals surface area contributed by atoms with Crippen molar-refractivity contribution in [3.8, 4) is 0 Å². The smallest absolute Gasteiger partial charge is 0.398 e. The van der Waals surface area contributed by atoms with Crippen LogP contribution in [-0.2, 0) is 6.18 Å². The molecule has 0 unspecified atom stereocenters. The molecule has 0 heterocycles. The summed E-state index contributed by atoms with van der Waals surface area (Å²) in [6.45, 7) is 1.06. The fourth-order valence-corrected chi connectivity index (χ4v) is 1.19. The molecule has 1 aromatic carbocycles. The van der Waals surface area contributed by atoms with Gasteiger partial charge in [-0.15, -0.1) is 0 Å². The molecule has 2 N–H and O–H groups in total. The van der Waals surface area contributed by atoms with Crippen molar-refractivity contribution in [2.45, 2.75) is 13.1 Å². The average molecular weight is 221 g/mol. The Hall–Kier alpha value is -1.59. The van der Waals surface area contributed by atoms with E-state index in [-0.39, 0.29) is 5.56 Å². The number of ketones is 1. The van der Waals surface area contributed by atoms with E-state index in [1.165, 1.54) is 0 Å². The van der Waals surface area contributed by atoms with Crippen LogP contribution in [0.5, 0.6) is 0 Å². The van der Waals surface area contributed by atoms with Gasteiger partial charge in [0.15, 0.2) is 5.78 Å². The van der Waals surface area contributed by atoms with E-state index in [4.69, 9.17) is 5.73 Å². The molecular formula is C9H7F4NO. The van der Waals surface area contributed by atoms with E-state index in [1.807, 2.05) is 0 Å². The van der Waals surface area contributed by atoms with E-state index >= 15 is 0 Å². The highest BCUT2D eigenvalue weighted by Gasteiger charge is 2.37. The summed E-state index contributed by atoms with van der Waals surface area (Å²) in [5.41, 5.74) is 2.31. The van der Waals surface area contributed by atoms with Crippen molar-refractivity contribution in [3.05, 3.63) is 29.1 Å². The van der Waals surface area contributed by atoms with Gasteiger partial charge in [0.25, 0.3) is 0 Å². The number of rotatable bonds is 1. The molecule has 0 fully saturated rings. The molecule has 0 amide bonds. The first-order valence-electron chi connectivity index (χ1n) is 3.91. The van der Waals surface area contributed by atoms with Gasteiger partial charge < -0.3 is 5.73 Å². The molecule has 6 heteroatoms. The van der Waals surface area contributed by atoms with Crippen LogP contribution >= 0.6 is 0 Å². The Labute approximate surface area is 82.7 Å². The van der Waals surface area contributed by atoms with Gasteiger partial charge in [-0.05, 0) is 19.1 Å². The summed E-state index contributed by atoms with van der Waals surface area (Å²) >= 11 is 0. The van der Waals surface area contributed by atoms with Crippen LogP contribution < -0.4 is 5.73 Å². The predicted octanol–water partition coefficient (Wildman–Crippen LogP) is 2.63. The van der Waals surface area contributed by atoms with E-state index in [2.05, 4.69) is 0 Å². The number of carbonyl (C=O) groups is 1. The molecule has 15 heavy (non-hydrogen) atoms. The topological polar surface area (TPSA) is 43.1 Å². The quantitative estimate of drug-likeness (QED) is 0.450. The summed E-state index contributed by atoms with van der Waals surface area (Å²) in [4.78, 5) is 10.9. The van der Waals surface area contributed by atoms with Gasteiger partial charge >= 0.3 is 6.18 Å². The van der Waals surface area contributed by atoms with E-state index in [9.17, 15) is 22.4 Å². The molecule has 0 aromatic heterocycles. The molecule has 0 spiro atoms. The zero-order valence-corrected chi connectivity index (χ0v) is 7.65. The Bertz CT molecular complexity index is 411. The first kappa shape index (κ1) is 11.5. The third-order valence-electron chi connectivity index (χ3n) is 1.86. The lowest BCUT2D eigenvalue weighted by Crippen LogP contribution is -2.14. The van der Waals surface area contributed by atoms with Gasteiger partial charge in [-0.2, -0.15) is 13.2 Å². The highest BCUT2D eigenvalue weighted by molar-refractivity contribution is 5.99. The number of alkyl halides is 3. The summed E-state index contributed by atoms with van der Waals surface area (Å²) in [7, 11) is 0. The van der Waals surface area contributed by atoms with Crippen molar-refractivity contribution in [2.75, 3.05) is 5.73 Å². The number of halogens is 4. The largest absolute Gasteiger partial charge is 0.421 e. The highest BCUT2D eigenvalue weighted by Crippen LogP contribution is 2.37. The molecule has 2 nitrogen and oxygen atoms in total. The number of nitrogen functional groups attached to an aromatic ring is 1. The molecule has 82 valence electrons. The minimum atomic E-state index is -4.90. The van der Waals surface area contributed by atoms with E-state index in [0.717, 1.165) is 13.0 Å². The van der Waals surface area contributed by atoms with Crippen LogP contribution in [0.4, 0.5) is 23.2 Å². The molecule has 0 atom stereocenters. The van der Waals surface area contributed by atoms with Crippen molar-refractivity contribution in [3.63, 3.8) is 0 Å². The highest BCUT2D eigenvalue weighted by atomic mass is 19.4. The number of carbonyl (C=O) groups excluding carboxylic acids is 1. The van der Waals surface area contributed by atoms with E-state index in [0.29, 0.717) is 6.07 Å².